The number of aliphatic carboxylic acids is 2. The van der Waals surface area contributed by atoms with Gasteiger partial charge in [-0.1, -0.05) is 0 Å². The Morgan fingerprint density at radius 2 is 1.31 bits per heavy atom. The summed E-state index contributed by atoms with van der Waals surface area (Å²) in [6, 6.07) is -3.92. The zero-order valence-corrected chi connectivity index (χ0v) is 19.1. The van der Waals surface area contributed by atoms with Crippen molar-refractivity contribution in [3.05, 3.63) is 0 Å². The minimum atomic E-state index is -1.59. The first kappa shape index (κ1) is 30.8. The molecule has 0 aromatic carbocycles. The van der Waals surface area contributed by atoms with E-state index < -0.39 is 60.8 Å². The number of nitrogens with zero attached hydrogens (tertiary/aromatic N) is 2. The summed E-state index contributed by atoms with van der Waals surface area (Å²) in [5, 5.41) is 24.9. The Kier molecular flexibility index (Phi) is 14.5. The van der Waals surface area contributed by atoms with E-state index in [4.69, 9.17) is 33.8 Å². The average molecular weight is 503 g/mol. The molecule has 3 atom stereocenters. The van der Waals surface area contributed by atoms with Crippen LogP contribution in [0, 0.1) is 0 Å². The molecule has 17 heteroatoms. The van der Waals surface area contributed by atoms with E-state index in [0.29, 0.717) is 6.42 Å². The van der Waals surface area contributed by atoms with Gasteiger partial charge in [-0.15, -0.1) is 0 Å². The fourth-order valence-corrected chi connectivity index (χ4v) is 2.61. The normalized spacial score (nSPS) is 12.8. The zero-order chi connectivity index (χ0) is 27.0. The molecule has 0 heterocycles. The third-order valence-corrected chi connectivity index (χ3v) is 4.32. The van der Waals surface area contributed by atoms with E-state index in [1.165, 1.54) is 0 Å². The van der Waals surface area contributed by atoms with Crippen LogP contribution in [0.15, 0.2) is 9.98 Å². The van der Waals surface area contributed by atoms with Gasteiger partial charge in [0.1, 0.15) is 12.1 Å². The molecule has 15 N–H and O–H groups in total. The summed E-state index contributed by atoms with van der Waals surface area (Å²) < 4.78 is 0. The lowest BCUT2D eigenvalue weighted by atomic mass is 10.1. The van der Waals surface area contributed by atoms with E-state index in [1.807, 2.05) is 0 Å². The molecular weight excluding hydrogens is 468 g/mol. The van der Waals surface area contributed by atoms with Crippen LogP contribution in [0.25, 0.3) is 0 Å². The van der Waals surface area contributed by atoms with Crippen LogP contribution >= 0.6 is 0 Å². The molecule has 0 aliphatic rings. The summed E-state index contributed by atoms with van der Waals surface area (Å²) in [5.74, 6) is -5.63. The van der Waals surface area contributed by atoms with E-state index in [1.54, 1.807) is 0 Å². The molecule has 0 rings (SSSR count). The first-order valence-corrected chi connectivity index (χ1v) is 10.5. The van der Waals surface area contributed by atoms with Crippen LogP contribution in [0.4, 0.5) is 0 Å². The molecule has 3 amide bonds. The van der Waals surface area contributed by atoms with Crippen molar-refractivity contribution in [2.45, 2.75) is 50.2 Å². The lowest BCUT2D eigenvalue weighted by Gasteiger charge is -2.20. The van der Waals surface area contributed by atoms with Gasteiger partial charge < -0.3 is 54.8 Å². The number of hydrogen-bond donors (Lipinski definition) is 10. The fraction of sp³-hybridized carbons (Fsp3) is 0.611. The highest BCUT2D eigenvalue weighted by molar-refractivity contribution is 5.94. The second-order valence-corrected chi connectivity index (χ2v) is 7.34. The summed E-state index contributed by atoms with van der Waals surface area (Å²) in [5.41, 5.74) is 26.4. The molecule has 0 aromatic heterocycles. The lowest BCUT2D eigenvalue weighted by molar-refractivity contribution is -0.143. The SMILES string of the molecule is NC(N)=NCCCC(N)C(=O)NCC(=O)NC(CC(=O)O)C(=O)NC(CCCN=C(N)N)C(=O)O. The zero-order valence-electron chi connectivity index (χ0n) is 19.1. The maximum atomic E-state index is 12.5. The standard InChI is InChI=1S/C18H34N10O7/c19-9(3-1-5-24-17(20)21)14(32)26-8-12(29)27-11(7-13(30)31)15(33)28-10(16(34)35)4-2-6-25-18(22)23/h9-11H,1-8,19H2,(H,26,32)(H,27,29)(H,28,33)(H,30,31)(H,34,35)(H4,20,21,24)(H4,22,23,25). The Hall–Kier alpha value is -4.15. The molecule has 0 saturated carbocycles. The van der Waals surface area contributed by atoms with Crippen LogP contribution < -0.4 is 44.6 Å². The van der Waals surface area contributed by atoms with Crippen molar-refractivity contribution >= 4 is 41.6 Å². The van der Waals surface area contributed by atoms with Crippen molar-refractivity contribution in [1.29, 1.82) is 0 Å². The summed E-state index contributed by atoms with van der Waals surface area (Å²) in [6.45, 7) is -0.209. The van der Waals surface area contributed by atoms with Crippen LogP contribution in [0.2, 0.25) is 0 Å². The first-order chi connectivity index (χ1) is 16.3. The Bertz CT molecular complexity index is 809. The number of aliphatic imine (C=N–C) groups is 2. The summed E-state index contributed by atoms with van der Waals surface area (Å²) in [4.78, 5) is 66.6. The van der Waals surface area contributed by atoms with Gasteiger partial charge in [0.05, 0.1) is 19.0 Å². The monoisotopic (exact) mass is 502 g/mol. The molecule has 0 spiro atoms. The van der Waals surface area contributed by atoms with E-state index in [0.717, 1.165) is 0 Å². The van der Waals surface area contributed by atoms with Crippen LogP contribution in [0.3, 0.4) is 0 Å². The maximum absolute atomic E-state index is 12.5. The Balaban J connectivity index is 4.83. The molecule has 0 aromatic rings. The van der Waals surface area contributed by atoms with Crippen LogP contribution in [0.5, 0.6) is 0 Å². The van der Waals surface area contributed by atoms with Gasteiger partial charge in [0.15, 0.2) is 11.9 Å². The Morgan fingerprint density at radius 1 is 0.771 bits per heavy atom. The minimum absolute atomic E-state index is 0.0529. The third-order valence-electron chi connectivity index (χ3n) is 4.32. The predicted octanol–water partition coefficient (Wildman–Crippen LogP) is -4.93. The number of guanidine groups is 2. The molecule has 3 unspecified atom stereocenters. The number of carbonyl (C=O) groups is 5. The number of amides is 3. The number of nitrogens with one attached hydrogen (secondary N) is 3. The quantitative estimate of drug-likeness (QED) is 0.0508. The van der Waals surface area contributed by atoms with Crippen molar-refractivity contribution in [2.24, 2.45) is 38.7 Å². The highest BCUT2D eigenvalue weighted by Gasteiger charge is 2.28. The van der Waals surface area contributed by atoms with E-state index in [-0.39, 0.29) is 44.3 Å². The average Bonchev–Trinajstić information content (AvgIpc) is 2.75. The summed E-state index contributed by atoms with van der Waals surface area (Å²) >= 11 is 0. The summed E-state index contributed by atoms with van der Waals surface area (Å²) in [7, 11) is 0. The minimum Gasteiger partial charge on any atom is -0.481 e. The smallest absolute Gasteiger partial charge is 0.326 e. The first-order valence-electron chi connectivity index (χ1n) is 10.5. The molecule has 35 heavy (non-hydrogen) atoms. The van der Waals surface area contributed by atoms with Gasteiger partial charge in [-0.2, -0.15) is 0 Å². The third kappa shape index (κ3) is 15.3. The van der Waals surface area contributed by atoms with Gasteiger partial charge >= 0.3 is 11.9 Å². The molecule has 198 valence electrons. The van der Waals surface area contributed by atoms with Gasteiger partial charge in [-0.25, -0.2) is 4.79 Å². The topological polar surface area (TPSA) is 317 Å². The Morgan fingerprint density at radius 3 is 1.80 bits per heavy atom. The number of rotatable bonds is 17. The van der Waals surface area contributed by atoms with Gasteiger partial charge in [0.25, 0.3) is 0 Å². The van der Waals surface area contributed by atoms with E-state index >= 15 is 0 Å². The number of nitrogens with two attached hydrogens (primary N) is 5. The fourth-order valence-electron chi connectivity index (χ4n) is 2.61. The van der Waals surface area contributed by atoms with Crippen LogP contribution in [-0.2, 0) is 24.0 Å². The predicted molar refractivity (Wildman–Crippen MR) is 125 cm³/mol. The van der Waals surface area contributed by atoms with Gasteiger partial charge in [-0.05, 0) is 25.7 Å². The molecular formula is C18H34N10O7. The molecule has 0 radical (unpaired) electrons. The second-order valence-electron chi connectivity index (χ2n) is 7.34. The number of carboxylic acid groups (broad SMARTS) is 2. The van der Waals surface area contributed by atoms with Crippen molar-refractivity contribution in [3.8, 4) is 0 Å². The lowest BCUT2D eigenvalue weighted by Crippen LogP contribution is -2.54. The maximum Gasteiger partial charge on any atom is 0.326 e. The van der Waals surface area contributed by atoms with Crippen molar-refractivity contribution < 1.29 is 34.2 Å². The molecule has 0 fully saturated rings. The summed E-state index contributed by atoms with van der Waals surface area (Å²) in [6.07, 6.45) is -0.0213. The van der Waals surface area contributed by atoms with Gasteiger partial charge in [0.2, 0.25) is 17.7 Å². The number of hydrogen-bond acceptors (Lipinski definition) is 8. The van der Waals surface area contributed by atoms with Crippen molar-refractivity contribution in [1.82, 2.24) is 16.0 Å². The number of carbonyl (C=O) groups excluding carboxylic acids is 3. The van der Waals surface area contributed by atoms with E-state index in [9.17, 15) is 29.1 Å². The molecule has 0 aliphatic carbocycles. The Labute approximate surface area is 200 Å². The van der Waals surface area contributed by atoms with Crippen LogP contribution in [-0.4, -0.2) is 89.6 Å². The largest absolute Gasteiger partial charge is 0.481 e. The number of carboxylic acids is 2. The van der Waals surface area contributed by atoms with E-state index in [2.05, 4.69) is 25.9 Å². The second kappa shape index (κ2) is 16.5. The van der Waals surface area contributed by atoms with Crippen molar-refractivity contribution in [3.63, 3.8) is 0 Å². The molecule has 0 aliphatic heterocycles. The van der Waals surface area contributed by atoms with Crippen LogP contribution in [0.1, 0.15) is 32.1 Å². The highest BCUT2D eigenvalue weighted by atomic mass is 16.4. The molecule has 0 bridgehead atoms. The van der Waals surface area contributed by atoms with Gasteiger partial charge in [0, 0.05) is 13.1 Å². The highest BCUT2D eigenvalue weighted by Crippen LogP contribution is 2.02. The molecule has 17 nitrogen and oxygen atoms in total. The van der Waals surface area contributed by atoms with Crippen molar-refractivity contribution in [2.75, 3.05) is 19.6 Å². The van der Waals surface area contributed by atoms with Gasteiger partial charge in [-0.3, -0.25) is 29.2 Å². The molecule has 0 saturated heterocycles.